The highest BCUT2D eigenvalue weighted by atomic mass is 19.1. The van der Waals surface area contributed by atoms with Crippen molar-refractivity contribution in [2.45, 2.75) is 38.0 Å². The number of carbonyl (C=O) groups excluding carboxylic acids is 3. The maximum Gasteiger partial charge on any atom is 0.234 e. The van der Waals surface area contributed by atoms with Gasteiger partial charge in [0.1, 0.15) is 35.4 Å². The molecule has 4 heterocycles. The van der Waals surface area contributed by atoms with E-state index in [9.17, 15) is 23.2 Å². The van der Waals surface area contributed by atoms with Crippen molar-refractivity contribution in [2.75, 3.05) is 29.4 Å². The SMILES string of the molecule is O=C1CCN(c2ncnc3c2CCN3c2cc(F)c(C3CCC(=O)NC3=O)c(F)c2)CC1. The van der Waals surface area contributed by atoms with Gasteiger partial charge in [0.05, 0.1) is 5.92 Å². The van der Waals surface area contributed by atoms with Crippen LogP contribution in [0.15, 0.2) is 18.5 Å². The lowest BCUT2D eigenvalue weighted by Gasteiger charge is -2.28. The molecule has 0 aliphatic carbocycles. The number of rotatable bonds is 3. The number of ketones is 1. The molecule has 3 aliphatic heterocycles. The molecule has 3 aliphatic rings. The van der Waals surface area contributed by atoms with Crippen LogP contribution in [0.5, 0.6) is 0 Å². The molecule has 1 aromatic heterocycles. The Morgan fingerprint density at radius 2 is 1.59 bits per heavy atom. The fraction of sp³-hybridized carbons (Fsp3) is 0.409. The lowest BCUT2D eigenvalue weighted by molar-refractivity contribution is -0.134. The molecule has 0 spiro atoms. The fourth-order valence-electron chi connectivity index (χ4n) is 4.70. The van der Waals surface area contributed by atoms with E-state index in [-0.39, 0.29) is 24.2 Å². The van der Waals surface area contributed by atoms with E-state index in [2.05, 4.69) is 20.2 Å². The van der Waals surface area contributed by atoms with E-state index in [1.54, 1.807) is 4.90 Å². The first kappa shape index (κ1) is 20.5. The number of piperidine rings is 2. The molecule has 5 rings (SSSR count). The Bertz CT molecular complexity index is 1110. The third kappa shape index (κ3) is 3.49. The number of imide groups is 1. The summed E-state index contributed by atoms with van der Waals surface area (Å²) in [6, 6.07) is 2.41. The van der Waals surface area contributed by atoms with Gasteiger partial charge in [-0.1, -0.05) is 0 Å². The number of fused-ring (bicyclic) bond motifs is 1. The van der Waals surface area contributed by atoms with Gasteiger partial charge >= 0.3 is 0 Å². The summed E-state index contributed by atoms with van der Waals surface area (Å²) in [5.74, 6) is -2.25. The van der Waals surface area contributed by atoms with Gasteiger partial charge in [-0.2, -0.15) is 0 Å². The second kappa shape index (κ2) is 7.92. The van der Waals surface area contributed by atoms with E-state index in [4.69, 9.17) is 0 Å². The number of carbonyl (C=O) groups is 3. The highest BCUT2D eigenvalue weighted by Gasteiger charge is 2.34. The Morgan fingerprint density at radius 3 is 2.28 bits per heavy atom. The van der Waals surface area contributed by atoms with Crippen LogP contribution in [0.2, 0.25) is 0 Å². The van der Waals surface area contributed by atoms with E-state index in [1.165, 1.54) is 18.5 Å². The van der Waals surface area contributed by atoms with Crippen LogP contribution in [-0.4, -0.2) is 47.2 Å². The number of hydrogen-bond donors (Lipinski definition) is 1. The van der Waals surface area contributed by atoms with Crippen molar-refractivity contribution in [3.05, 3.63) is 41.2 Å². The number of Topliss-reactive ketones (excluding diaryl/α,β-unsaturated/α-hetero) is 1. The van der Waals surface area contributed by atoms with E-state index in [0.29, 0.717) is 50.4 Å². The molecule has 166 valence electrons. The van der Waals surface area contributed by atoms with Crippen LogP contribution < -0.4 is 15.1 Å². The van der Waals surface area contributed by atoms with Gasteiger partial charge in [0.2, 0.25) is 11.8 Å². The zero-order chi connectivity index (χ0) is 22.4. The topological polar surface area (TPSA) is 95.5 Å². The maximum absolute atomic E-state index is 15.0. The van der Waals surface area contributed by atoms with Crippen LogP contribution in [0.25, 0.3) is 0 Å². The van der Waals surface area contributed by atoms with Crippen molar-refractivity contribution in [3.8, 4) is 0 Å². The first-order chi connectivity index (χ1) is 15.4. The number of amides is 2. The molecule has 2 amide bonds. The predicted octanol–water partition coefficient (Wildman–Crippen LogP) is 2.14. The molecule has 1 N–H and O–H groups in total. The van der Waals surface area contributed by atoms with Crippen molar-refractivity contribution in [2.24, 2.45) is 0 Å². The molecule has 0 bridgehead atoms. The van der Waals surface area contributed by atoms with Gasteiger partial charge in [-0.3, -0.25) is 19.7 Å². The number of hydrogen-bond acceptors (Lipinski definition) is 7. The van der Waals surface area contributed by atoms with Gasteiger partial charge in [0.25, 0.3) is 0 Å². The Kier molecular flexibility index (Phi) is 5.07. The molecule has 1 aromatic carbocycles. The molecule has 1 unspecified atom stereocenters. The Balaban J connectivity index is 1.45. The molecule has 1 atom stereocenters. The summed E-state index contributed by atoms with van der Waals surface area (Å²) in [4.78, 5) is 47.6. The van der Waals surface area contributed by atoms with Crippen molar-refractivity contribution in [3.63, 3.8) is 0 Å². The van der Waals surface area contributed by atoms with Crippen LogP contribution in [0.1, 0.15) is 42.7 Å². The number of benzene rings is 1. The normalized spacial score (nSPS) is 21.1. The predicted molar refractivity (Wildman–Crippen MR) is 111 cm³/mol. The second-order valence-corrected chi connectivity index (χ2v) is 8.25. The highest BCUT2D eigenvalue weighted by molar-refractivity contribution is 6.01. The summed E-state index contributed by atoms with van der Waals surface area (Å²) < 4.78 is 30.0. The minimum absolute atomic E-state index is 0.0400. The summed E-state index contributed by atoms with van der Waals surface area (Å²) in [7, 11) is 0. The zero-order valence-corrected chi connectivity index (χ0v) is 17.2. The van der Waals surface area contributed by atoms with E-state index < -0.39 is 29.4 Å². The molecular weight excluding hydrogens is 420 g/mol. The van der Waals surface area contributed by atoms with Crippen molar-refractivity contribution >= 4 is 34.9 Å². The lowest BCUT2D eigenvalue weighted by atomic mass is 9.89. The van der Waals surface area contributed by atoms with Crippen LogP contribution >= 0.6 is 0 Å². The maximum atomic E-state index is 15.0. The Labute approximate surface area is 182 Å². The second-order valence-electron chi connectivity index (χ2n) is 8.25. The van der Waals surface area contributed by atoms with Crippen molar-refractivity contribution < 1.29 is 23.2 Å². The average molecular weight is 441 g/mol. The molecule has 32 heavy (non-hydrogen) atoms. The quantitative estimate of drug-likeness (QED) is 0.729. The summed E-state index contributed by atoms with van der Waals surface area (Å²) >= 11 is 0. The summed E-state index contributed by atoms with van der Waals surface area (Å²) in [6.07, 6.45) is 3.08. The smallest absolute Gasteiger partial charge is 0.234 e. The molecule has 0 saturated carbocycles. The average Bonchev–Trinajstić information content (AvgIpc) is 3.19. The van der Waals surface area contributed by atoms with Crippen molar-refractivity contribution in [1.29, 1.82) is 0 Å². The standard InChI is InChI=1S/C22H21F2N5O3/c23-16-9-12(10-17(24)19(16)14-1-2-18(31)27-22(14)32)29-8-5-15-20(25-11-26-21(15)29)28-6-3-13(30)4-7-28/h9-11,14H,1-8H2,(H,27,31,32). The molecule has 0 radical (unpaired) electrons. The van der Waals surface area contributed by atoms with Gasteiger partial charge in [-0.25, -0.2) is 18.7 Å². The number of anilines is 3. The lowest BCUT2D eigenvalue weighted by Crippen LogP contribution is -2.40. The van der Waals surface area contributed by atoms with Gasteiger partial charge in [0, 0.05) is 55.7 Å². The summed E-state index contributed by atoms with van der Waals surface area (Å²) in [5.41, 5.74) is 0.865. The number of nitrogens with one attached hydrogen (secondary N) is 1. The van der Waals surface area contributed by atoms with Gasteiger partial charge < -0.3 is 9.80 Å². The van der Waals surface area contributed by atoms with Crippen LogP contribution in [0.4, 0.5) is 26.1 Å². The van der Waals surface area contributed by atoms with E-state index >= 15 is 0 Å². The summed E-state index contributed by atoms with van der Waals surface area (Å²) in [6.45, 7) is 1.66. The molecule has 2 saturated heterocycles. The molecule has 2 aromatic rings. The van der Waals surface area contributed by atoms with Crippen LogP contribution in [0.3, 0.4) is 0 Å². The summed E-state index contributed by atoms with van der Waals surface area (Å²) in [5, 5.41) is 2.14. The van der Waals surface area contributed by atoms with Crippen molar-refractivity contribution in [1.82, 2.24) is 15.3 Å². The largest absolute Gasteiger partial charge is 0.355 e. The van der Waals surface area contributed by atoms with Gasteiger partial charge in [0.15, 0.2) is 0 Å². The number of aromatic nitrogens is 2. The Morgan fingerprint density at radius 1 is 0.906 bits per heavy atom. The van der Waals surface area contributed by atoms with Gasteiger partial charge in [-0.15, -0.1) is 0 Å². The van der Waals surface area contributed by atoms with Crippen LogP contribution in [0, 0.1) is 11.6 Å². The minimum Gasteiger partial charge on any atom is -0.355 e. The number of nitrogens with zero attached hydrogens (tertiary/aromatic N) is 4. The van der Waals surface area contributed by atoms with Crippen LogP contribution in [-0.2, 0) is 20.8 Å². The molecule has 8 nitrogen and oxygen atoms in total. The third-order valence-electron chi connectivity index (χ3n) is 6.32. The van der Waals surface area contributed by atoms with E-state index in [1.807, 2.05) is 0 Å². The van der Waals surface area contributed by atoms with Gasteiger partial charge in [-0.05, 0) is 25.0 Å². The van der Waals surface area contributed by atoms with E-state index in [0.717, 1.165) is 11.4 Å². The fourth-order valence-corrected chi connectivity index (χ4v) is 4.70. The molecule has 2 fully saturated rings. The first-order valence-corrected chi connectivity index (χ1v) is 10.6. The first-order valence-electron chi connectivity index (χ1n) is 10.6. The number of halogens is 2. The zero-order valence-electron chi connectivity index (χ0n) is 17.2. The third-order valence-corrected chi connectivity index (χ3v) is 6.32. The monoisotopic (exact) mass is 441 g/mol. The Hall–Kier alpha value is -3.43. The molecule has 10 heteroatoms. The minimum atomic E-state index is -1.04. The highest BCUT2D eigenvalue weighted by Crippen LogP contribution is 2.39. The molecular formula is C22H21F2N5O3.